The van der Waals surface area contributed by atoms with Gasteiger partial charge in [-0.2, -0.15) is 0 Å². The summed E-state index contributed by atoms with van der Waals surface area (Å²) in [4.78, 5) is 0. The minimum absolute atomic E-state index is 0.0983. The monoisotopic (exact) mass is 245 g/mol. The van der Waals surface area contributed by atoms with Gasteiger partial charge in [0.25, 0.3) is 0 Å². The summed E-state index contributed by atoms with van der Waals surface area (Å²) in [6.45, 7) is 9.12. The topological polar surface area (TPSA) is 26.0 Å². The van der Waals surface area contributed by atoms with Crippen LogP contribution in [0.15, 0.2) is 24.3 Å². The molecule has 2 N–H and O–H groups in total. The summed E-state index contributed by atoms with van der Waals surface area (Å²) in [5, 5.41) is 0. The van der Waals surface area contributed by atoms with Crippen molar-refractivity contribution in [1.29, 1.82) is 0 Å². The largest absolute Gasteiger partial charge is 0.321 e. The fourth-order valence-corrected chi connectivity index (χ4v) is 3.15. The van der Waals surface area contributed by atoms with Crippen molar-refractivity contribution in [1.82, 2.24) is 0 Å². The predicted molar refractivity (Wildman–Crippen MR) is 78.6 cm³/mol. The smallest absolute Gasteiger partial charge is 0.0412 e. The molecule has 1 heteroatoms. The molecule has 0 aliphatic heterocycles. The Labute approximate surface area is 112 Å². The molecule has 100 valence electrons. The average Bonchev–Trinajstić information content (AvgIpc) is 2.28. The maximum Gasteiger partial charge on any atom is 0.0412 e. The quantitative estimate of drug-likeness (QED) is 0.782. The lowest BCUT2D eigenvalue weighted by Gasteiger charge is -2.38. The van der Waals surface area contributed by atoms with Crippen LogP contribution in [0.25, 0.3) is 0 Å². The van der Waals surface area contributed by atoms with Crippen molar-refractivity contribution in [2.75, 3.05) is 0 Å². The summed E-state index contributed by atoms with van der Waals surface area (Å²) in [7, 11) is 0. The van der Waals surface area contributed by atoms with Gasteiger partial charge >= 0.3 is 0 Å². The minimum Gasteiger partial charge on any atom is -0.321 e. The first-order valence-electron chi connectivity index (χ1n) is 7.21. The van der Waals surface area contributed by atoms with E-state index in [2.05, 4.69) is 52.0 Å². The van der Waals surface area contributed by atoms with E-state index < -0.39 is 0 Å². The zero-order chi connectivity index (χ0) is 13.4. The third kappa shape index (κ3) is 2.77. The van der Waals surface area contributed by atoms with E-state index >= 15 is 0 Å². The summed E-state index contributed by atoms with van der Waals surface area (Å²) < 4.78 is 0. The molecule has 1 aliphatic carbocycles. The molecular formula is C17H27N. The Morgan fingerprint density at radius 3 is 2.61 bits per heavy atom. The van der Waals surface area contributed by atoms with E-state index in [0.717, 1.165) is 18.8 Å². The highest BCUT2D eigenvalue weighted by atomic mass is 14.7. The molecule has 0 saturated heterocycles. The summed E-state index contributed by atoms with van der Waals surface area (Å²) in [5.41, 5.74) is 9.51. The van der Waals surface area contributed by atoms with E-state index in [1.807, 2.05) is 0 Å². The van der Waals surface area contributed by atoms with Gasteiger partial charge in [0.15, 0.2) is 0 Å². The molecule has 0 aromatic heterocycles. The van der Waals surface area contributed by atoms with Crippen LogP contribution in [-0.2, 0) is 11.0 Å². The predicted octanol–water partition coefficient (Wildman–Crippen LogP) is 4.35. The Kier molecular flexibility index (Phi) is 3.55. The molecule has 0 heterocycles. The number of benzene rings is 1. The van der Waals surface area contributed by atoms with Gasteiger partial charge in [0.2, 0.25) is 0 Å². The van der Waals surface area contributed by atoms with Crippen LogP contribution >= 0.6 is 0 Å². The second kappa shape index (κ2) is 4.70. The molecule has 0 bridgehead atoms. The van der Waals surface area contributed by atoms with Crippen molar-refractivity contribution in [2.24, 2.45) is 11.7 Å². The van der Waals surface area contributed by atoms with Gasteiger partial charge in [0.05, 0.1) is 0 Å². The van der Waals surface area contributed by atoms with Crippen molar-refractivity contribution in [3.63, 3.8) is 0 Å². The van der Waals surface area contributed by atoms with Crippen LogP contribution < -0.4 is 5.73 Å². The number of hydrogen-bond acceptors (Lipinski definition) is 1. The first-order chi connectivity index (χ1) is 8.31. The number of nitrogens with two attached hydrogens (primary N) is 1. The Bertz CT molecular complexity index is 416. The van der Waals surface area contributed by atoms with E-state index in [0.29, 0.717) is 0 Å². The maximum absolute atomic E-state index is 6.68. The Morgan fingerprint density at radius 1 is 1.28 bits per heavy atom. The molecule has 18 heavy (non-hydrogen) atoms. The van der Waals surface area contributed by atoms with Crippen molar-refractivity contribution >= 4 is 0 Å². The van der Waals surface area contributed by atoms with E-state index in [9.17, 15) is 0 Å². The van der Waals surface area contributed by atoms with Crippen LogP contribution in [0, 0.1) is 5.92 Å². The normalized spacial score (nSPS) is 29.3. The molecule has 0 spiro atoms. The van der Waals surface area contributed by atoms with Gasteiger partial charge in [0, 0.05) is 5.54 Å². The Morgan fingerprint density at radius 2 is 2.00 bits per heavy atom. The van der Waals surface area contributed by atoms with E-state index in [4.69, 9.17) is 5.73 Å². The Hall–Kier alpha value is -0.820. The molecule has 2 atom stereocenters. The van der Waals surface area contributed by atoms with Crippen molar-refractivity contribution in [3.8, 4) is 0 Å². The van der Waals surface area contributed by atoms with Gasteiger partial charge in [0.1, 0.15) is 0 Å². The third-order valence-electron chi connectivity index (χ3n) is 4.34. The first-order valence-corrected chi connectivity index (χ1v) is 7.21. The summed E-state index contributed by atoms with van der Waals surface area (Å²) >= 11 is 0. The van der Waals surface area contributed by atoms with Crippen LogP contribution in [0.3, 0.4) is 0 Å². The molecule has 1 aliphatic rings. The molecule has 1 fully saturated rings. The molecule has 1 saturated carbocycles. The van der Waals surface area contributed by atoms with Gasteiger partial charge in [-0.05, 0) is 35.3 Å². The average molecular weight is 245 g/mol. The summed E-state index contributed by atoms with van der Waals surface area (Å²) in [6, 6.07) is 8.94. The second-order valence-corrected chi connectivity index (χ2v) is 7.19. The molecule has 1 nitrogen and oxygen atoms in total. The van der Waals surface area contributed by atoms with Crippen molar-refractivity contribution in [3.05, 3.63) is 35.4 Å². The van der Waals surface area contributed by atoms with Crippen LogP contribution in [0.5, 0.6) is 0 Å². The van der Waals surface area contributed by atoms with Crippen molar-refractivity contribution < 1.29 is 0 Å². The highest BCUT2D eigenvalue weighted by Gasteiger charge is 2.33. The molecule has 2 rings (SSSR count). The van der Waals surface area contributed by atoms with Crippen molar-refractivity contribution in [2.45, 2.75) is 64.3 Å². The number of hydrogen-bond donors (Lipinski definition) is 1. The fourth-order valence-electron chi connectivity index (χ4n) is 3.15. The fraction of sp³-hybridized carbons (Fsp3) is 0.647. The van der Waals surface area contributed by atoms with Gasteiger partial charge in [-0.1, -0.05) is 64.8 Å². The minimum atomic E-state index is -0.0983. The summed E-state index contributed by atoms with van der Waals surface area (Å²) in [5.74, 6) is 0.752. The third-order valence-corrected chi connectivity index (χ3v) is 4.34. The highest BCUT2D eigenvalue weighted by Crippen LogP contribution is 2.38. The standard InChI is InChI=1S/C17H27N/c1-13-7-6-10-17(18,12-13)15-9-5-8-14(11-15)16(2,3)4/h5,8-9,11,13H,6-7,10,12,18H2,1-4H3/t13-,17-/m1/s1. The van der Waals surface area contributed by atoms with E-state index in [1.165, 1.54) is 24.0 Å². The van der Waals surface area contributed by atoms with Gasteiger partial charge in [-0.15, -0.1) is 0 Å². The molecule has 0 radical (unpaired) electrons. The lowest BCUT2D eigenvalue weighted by atomic mass is 9.72. The SMILES string of the molecule is C[C@@H]1CCC[C@](N)(c2cccc(C(C)(C)C)c2)C1. The number of rotatable bonds is 1. The van der Waals surface area contributed by atoms with E-state index in [-0.39, 0.29) is 11.0 Å². The molecule has 1 aromatic carbocycles. The lowest BCUT2D eigenvalue weighted by Crippen LogP contribution is -2.41. The van der Waals surface area contributed by atoms with Gasteiger partial charge < -0.3 is 5.73 Å². The maximum atomic E-state index is 6.68. The molecule has 0 unspecified atom stereocenters. The summed E-state index contributed by atoms with van der Waals surface area (Å²) in [6.07, 6.45) is 4.85. The Balaban J connectivity index is 2.33. The van der Waals surface area contributed by atoms with Crippen LogP contribution in [-0.4, -0.2) is 0 Å². The highest BCUT2D eigenvalue weighted by molar-refractivity contribution is 5.33. The molecule has 0 amide bonds. The zero-order valence-corrected chi connectivity index (χ0v) is 12.3. The second-order valence-electron chi connectivity index (χ2n) is 7.19. The van der Waals surface area contributed by atoms with Crippen LogP contribution in [0.1, 0.15) is 64.5 Å². The van der Waals surface area contributed by atoms with E-state index in [1.54, 1.807) is 0 Å². The first kappa shape index (κ1) is 13.6. The molecule has 1 aromatic rings. The van der Waals surface area contributed by atoms with Gasteiger partial charge in [-0.25, -0.2) is 0 Å². The van der Waals surface area contributed by atoms with Gasteiger partial charge in [-0.3, -0.25) is 0 Å². The lowest BCUT2D eigenvalue weighted by molar-refractivity contribution is 0.239. The zero-order valence-electron chi connectivity index (χ0n) is 12.3. The van der Waals surface area contributed by atoms with Crippen LogP contribution in [0.2, 0.25) is 0 Å². The van der Waals surface area contributed by atoms with Crippen LogP contribution in [0.4, 0.5) is 0 Å². The molecular weight excluding hydrogens is 218 g/mol.